The molecule has 1 amide bonds. The predicted octanol–water partition coefficient (Wildman–Crippen LogP) is 3.50. The van der Waals surface area contributed by atoms with Crippen molar-refractivity contribution in [3.63, 3.8) is 0 Å². The van der Waals surface area contributed by atoms with Gasteiger partial charge in [0.15, 0.2) is 6.61 Å². The van der Waals surface area contributed by atoms with E-state index in [1.165, 1.54) is 11.8 Å². The maximum absolute atomic E-state index is 11.6. The Bertz CT molecular complexity index is 707. The Labute approximate surface area is 136 Å². The zero-order valence-electron chi connectivity index (χ0n) is 13.3. The summed E-state index contributed by atoms with van der Waals surface area (Å²) in [6, 6.07) is 15.6. The first kappa shape index (κ1) is 16.5. The number of ether oxygens (including phenoxy) is 1. The number of benzene rings is 2. The molecule has 0 spiro atoms. The summed E-state index contributed by atoms with van der Waals surface area (Å²) in [6.07, 6.45) is 5.20. The van der Waals surface area contributed by atoms with Gasteiger partial charge in [0.1, 0.15) is 5.75 Å². The second-order valence-electron chi connectivity index (χ2n) is 5.12. The van der Waals surface area contributed by atoms with Crippen molar-refractivity contribution in [2.75, 3.05) is 6.61 Å². The maximum atomic E-state index is 11.6. The van der Waals surface area contributed by atoms with Crippen LogP contribution in [0.1, 0.15) is 16.7 Å². The average molecular weight is 308 g/mol. The summed E-state index contributed by atoms with van der Waals surface area (Å²) in [6.45, 7) is 3.97. The molecule has 0 aliphatic carbocycles. The number of nitrogens with zero attached hydrogens (tertiary/aromatic N) is 1. The van der Waals surface area contributed by atoms with Gasteiger partial charge in [-0.05, 0) is 48.7 Å². The molecule has 0 saturated heterocycles. The molecular weight excluding hydrogens is 288 g/mol. The topological polar surface area (TPSA) is 50.7 Å². The SMILES string of the molecule is Cc1ccc(OCC(=O)N/N=C\C=C\c2ccccc2)cc1C. The molecule has 4 heteroatoms. The number of hydrogen-bond acceptors (Lipinski definition) is 3. The number of hydrazone groups is 1. The van der Waals surface area contributed by atoms with E-state index in [0.717, 1.165) is 11.1 Å². The molecule has 0 unspecified atom stereocenters. The first-order valence-corrected chi connectivity index (χ1v) is 7.39. The minimum absolute atomic E-state index is 0.0672. The van der Waals surface area contributed by atoms with Crippen molar-refractivity contribution >= 4 is 18.2 Å². The number of carbonyl (C=O) groups is 1. The molecule has 0 saturated carbocycles. The Balaban J connectivity index is 1.73. The highest BCUT2D eigenvalue weighted by atomic mass is 16.5. The molecule has 2 aromatic rings. The Hall–Kier alpha value is -2.88. The molecule has 1 N–H and O–H groups in total. The summed E-state index contributed by atoms with van der Waals surface area (Å²) in [5, 5.41) is 3.84. The highest BCUT2D eigenvalue weighted by Crippen LogP contribution is 2.16. The van der Waals surface area contributed by atoms with Crippen molar-refractivity contribution in [3.05, 3.63) is 71.3 Å². The lowest BCUT2D eigenvalue weighted by atomic mass is 10.1. The van der Waals surface area contributed by atoms with Crippen molar-refractivity contribution in [1.82, 2.24) is 5.43 Å². The molecule has 0 aliphatic rings. The van der Waals surface area contributed by atoms with Crippen LogP contribution in [0.15, 0.2) is 59.7 Å². The fourth-order valence-corrected chi connectivity index (χ4v) is 1.86. The van der Waals surface area contributed by atoms with Crippen molar-refractivity contribution in [1.29, 1.82) is 0 Å². The molecule has 0 heterocycles. The summed E-state index contributed by atoms with van der Waals surface area (Å²) in [4.78, 5) is 11.6. The Morgan fingerprint density at radius 1 is 1.13 bits per heavy atom. The minimum atomic E-state index is -0.299. The van der Waals surface area contributed by atoms with Gasteiger partial charge in [0.05, 0.1) is 0 Å². The van der Waals surface area contributed by atoms with Gasteiger partial charge in [-0.1, -0.05) is 42.5 Å². The highest BCUT2D eigenvalue weighted by molar-refractivity contribution is 5.81. The van der Waals surface area contributed by atoms with E-state index >= 15 is 0 Å². The van der Waals surface area contributed by atoms with Gasteiger partial charge in [0, 0.05) is 6.21 Å². The van der Waals surface area contributed by atoms with Gasteiger partial charge in [-0.25, -0.2) is 5.43 Å². The lowest BCUT2D eigenvalue weighted by Gasteiger charge is -2.07. The van der Waals surface area contributed by atoms with Crippen LogP contribution in [-0.2, 0) is 4.79 Å². The Morgan fingerprint density at radius 3 is 2.65 bits per heavy atom. The van der Waals surface area contributed by atoms with Crippen LogP contribution in [0.5, 0.6) is 5.75 Å². The average Bonchev–Trinajstić information content (AvgIpc) is 2.56. The van der Waals surface area contributed by atoms with Crippen LogP contribution >= 0.6 is 0 Å². The first-order chi connectivity index (χ1) is 11.1. The number of carbonyl (C=O) groups excluding carboxylic acids is 1. The lowest BCUT2D eigenvalue weighted by Crippen LogP contribution is -2.24. The fraction of sp³-hybridized carbons (Fsp3) is 0.158. The van der Waals surface area contributed by atoms with E-state index in [2.05, 4.69) is 10.5 Å². The predicted molar refractivity (Wildman–Crippen MR) is 93.5 cm³/mol. The zero-order valence-corrected chi connectivity index (χ0v) is 13.3. The summed E-state index contributed by atoms with van der Waals surface area (Å²) in [7, 11) is 0. The third-order valence-corrected chi connectivity index (χ3v) is 3.29. The monoisotopic (exact) mass is 308 g/mol. The van der Waals surface area contributed by atoms with E-state index in [0.29, 0.717) is 5.75 Å². The molecule has 4 nitrogen and oxygen atoms in total. The third kappa shape index (κ3) is 5.79. The quantitative estimate of drug-likeness (QED) is 0.656. The first-order valence-electron chi connectivity index (χ1n) is 7.39. The number of hydrogen-bond donors (Lipinski definition) is 1. The molecule has 0 bridgehead atoms. The van der Waals surface area contributed by atoms with Crippen molar-refractivity contribution in [2.24, 2.45) is 5.10 Å². The van der Waals surface area contributed by atoms with Gasteiger partial charge in [-0.3, -0.25) is 4.79 Å². The highest BCUT2D eigenvalue weighted by Gasteiger charge is 2.02. The molecule has 0 radical (unpaired) electrons. The van der Waals surface area contributed by atoms with E-state index in [9.17, 15) is 4.79 Å². The second-order valence-corrected chi connectivity index (χ2v) is 5.12. The second kappa shape index (κ2) is 8.54. The number of rotatable bonds is 6. The van der Waals surface area contributed by atoms with Crippen LogP contribution in [0.4, 0.5) is 0 Å². The van der Waals surface area contributed by atoms with E-state index in [-0.39, 0.29) is 12.5 Å². The molecule has 2 aromatic carbocycles. The largest absolute Gasteiger partial charge is 0.484 e. The summed E-state index contributed by atoms with van der Waals surface area (Å²) in [5.74, 6) is 0.379. The van der Waals surface area contributed by atoms with E-state index < -0.39 is 0 Å². The van der Waals surface area contributed by atoms with Crippen LogP contribution in [0.2, 0.25) is 0 Å². The summed E-state index contributed by atoms with van der Waals surface area (Å²) < 4.78 is 5.43. The fourth-order valence-electron chi connectivity index (χ4n) is 1.86. The van der Waals surface area contributed by atoms with Crippen LogP contribution in [0.3, 0.4) is 0 Å². The van der Waals surface area contributed by atoms with Gasteiger partial charge in [0.25, 0.3) is 5.91 Å². The van der Waals surface area contributed by atoms with Crippen LogP contribution in [0, 0.1) is 13.8 Å². The number of allylic oxidation sites excluding steroid dienone is 1. The van der Waals surface area contributed by atoms with Crippen molar-refractivity contribution < 1.29 is 9.53 Å². The summed E-state index contributed by atoms with van der Waals surface area (Å²) >= 11 is 0. The van der Waals surface area contributed by atoms with Crippen LogP contribution < -0.4 is 10.2 Å². The van der Waals surface area contributed by atoms with Crippen molar-refractivity contribution in [3.8, 4) is 5.75 Å². The van der Waals surface area contributed by atoms with Crippen LogP contribution in [0.25, 0.3) is 6.08 Å². The Morgan fingerprint density at radius 2 is 1.91 bits per heavy atom. The van der Waals surface area contributed by atoms with E-state index in [1.54, 1.807) is 6.08 Å². The van der Waals surface area contributed by atoms with Crippen LogP contribution in [-0.4, -0.2) is 18.7 Å². The molecule has 0 aliphatic heterocycles. The number of nitrogens with one attached hydrogen (secondary N) is 1. The van der Waals surface area contributed by atoms with Gasteiger partial charge < -0.3 is 4.74 Å². The van der Waals surface area contributed by atoms with E-state index in [4.69, 9.17) is 4.74 Å². The molecule has 23 heavy (non-hydrogen) atoms. The summed E-state index contributed by atoms with van der Waals surface area (Å²) in [5.41, 5.74) is 5.81. The number of aryl methyl sites for hydroxylation is 2. The lowest BCUT2D eigenvalue weighted by molar-refractivity contribution is -0.123. The zero-order chi connectivity index (χ0) is 16.5. The van der Waals surface area contributed by atoms with Gasteiger partial charge >= 0.3 is 0 Å². The van der Waals surface area contributed by atoms with Gasteiger partial charge in [-0.15, -0.1) is 0 Å². The molecule has 2 rings (SSSR count). The van der Waals surface area contributed by atoms with Crippen molar-refractivity contribution in [2.45, 2.75) is 13.8 Å². The number of amides is 1. The van der Waals surface area contributed by atoms with E-state index in [1.807, 2.05) is 68.5 Å². The molecule has 0 fully saturated rings. The molecule has 0 aromatic heterocycles. The molecule has 118 valence electrons. The molecular formula is C19H20N2O2. The minimum Gasteiger partial charge on any atom is -0.484 e. The van der Waals surface area contributed by atoms with Gasteiger partial charge in [-0.2, -0.15) is 5.10 Å². The normalized spacial score (nSPS) is 11.0. The smallest absolute Gasteiger partial charge is 0.277 e. The maximum Gasteiger partial charge on any atom is 0.277 e. The standard InChI is InChI=1S/C19H20N2O2/c1-15-10-11-18(13-16(15)2)23-14-19(22)21-20-12-6-9-17-7-4-3-5-8-17/h3-13H,14H2,1-2H3,(H,21,22)/b9-6+,20-12-. The van der Waals surface area contributed by atoms with Gasteiger partial charge in [0.2, 0.25) is 0 Å². The molecule has 0 atom stereocenters. The third-order valence-electron chi connectivity index (χ3n) is 3.29. The Kier molecular flexibility index (Phi) is 6.12.